The van der Waals surface area contributed by atoms with Crippen LogP contribution in [-0.2, 0) is 16.0 Å². The number of esters is 1. The summed E-state index contributed by atoms with van der Waals surface area (Å²) >= 11 is 6.11. The van der Waals surface area contributed by atoms with Gasteiger partial charge in [-0.2, -0.15) is 5.26 Å². The normalized spacial score (nSPS) is 12.1. The Morgan fingerprint density at radius 2 is 2.06 bits per heavy atom. The van der Waals surface area contributed by atoms with Crippen LogP contribution in [0.2, 0.25) is 5.02 Å². The average molecular weight is 456 g/mol. The molecule has 166 valence electrons. The van der Waals surface area contributed by atoms with Crippen LogP contribution < -0.4 is 10.3 Å². The van der Waals surface area contributed by atoms with Crippen LogP contribution in [0.4, 0.5) is 0 Å². The molecular weight excluding hydrogens is 434 g/mol. The SMILES string of the molecule is COc1cn(C(Cc2cnco2)C(=O)OC(C)(C)C)c(=O)cc1-c1cc(Cl)ccc1C#N. The highest BCUT2D eigenvalue weighted by atomic mass is 35.5. The van der Waals surface area contributed by atoms with E-state index in [4.69, 9.17) is 25.5 Å². The second kappa shape index (κ2) is 9.28. The first-order valence-corrected chi connectivity index (χ1v) is 10.1. The number of aromatic nitrogens is 2. The second-order valence-electron chi connectivity index (χ2n) is 8.02. The first-order valence-electron chi connectivity index (χ1n) is 9.73. The first-order chi connectivity index (χ1) is 15.1. The number of benzene rings is 1. The highest BCUT2D eigenvalue weighted by Crippen LogP contribution is 2.33. The minimum absolute atomic E-state index is 0.0535. The molecule has 0 bridgehead atoms. The Hall–Kier alpha value is -3.57. The van der Waals surface area contributed by atoms with E-state index in [2.05, 4.69) is 11.1 Å². The van der Waals surface area contributed by atoms with E-state index >= 15 is 0 Å². The van der Waals surface area contributed by atoms with Crippen LogP contribution in [0.3, 0.4) is 0 Å². The molecule has 9 heteroatoms. The van der Waals surface area contributed by atoms with E-state index in [1.807, 2.05) is 0 Å². The lowest BCUT2D eigenvalue weighted by Crippen LogP contribution is -2.36. The number of nitrogens with zero attached hydrogens (tertiary/aromatic N) is 3. The summed E-state index contributed by atoms with van der Waals surface area (Å²) in [7, 11) is 1.43. The number of pyridine rings is 1. The third-order valence-corrected chi connectivity index (χ3v) is 4.78. The van der Waals surface area contributed by atoms with Gasteiger partial charge in [0.1, 0.15) is 23.2 Å². The monoisotopic (exact) mass is 455 g/mol. The number of ether oxygens (including phenoxy) is 2. The fourth-order valence-electron chi connectivity index (χ4n) is 3.18. The third kappa shape index (κ3) is 5.18. The summed E-state index contributed by atoms with van der Waals surface area (Å²) in [4.78, 5) is 30.0. The molecule has 0 N–H and O–H groups in total. The van der Waals surface area contributed by atoms with Gasteiger partial charge in [-0.25, -0.2) is 9.78 Å². The number of nitriles is 1. The predicted molar refractivity (Wildman–Crippen MR) is 118 cm³/mol. The summed E-state index contributed by atoms with van der Waals surface area (Å²) in [5.41, 5.74) is -0.0804. The van der Waals surface area contributed by atoms with Gasteiger partial charge < -0.3 is 13.9 Å². The molecule has 32 heavy (non-hydrogen) atoms. The molecule has 0 fully saturated rings. The van der Waals surface area contributed by atoms with Gasteiger partial charge in [-0.3, -0.25) is 9.36 Å². The molecule has 0 amide bonds. The van der Waals surface area contributed by atoms with Gasteiger partial charge in [-0.05, 0) is 39.0 Å². The van der Waals surface area contributed by atoms with Crippen molar-refractivity contribution in [3.63, 3.8) is 0 Å². The van der Waals surface area contributed by atoms with E-state index in [-0.39, 0.29) is 12.2 Å². The Morgan fingerprint density at radius 3 is 2.66 bits per heavy atom. The zero-order valence-corrected chi connectivity index (χ0v) is 18.8. The Morgan fingerprint density at radius 1 is 1.31 bits per heavy atom. The lowest BCUT2D eigenvalue weighted by molar-refractivity contribution is -0.159. The molecule has 1 atom stereocenters. The van der Waals surface area contributed by atoms with Gasteiger partial charge in [-0.1, -0.05) is 11.6 Å². The van der Waals surface area contributed by atoms with Crippen LogP contribution in [0.5, 0.6) is 5.75 Å². The standard InChI is InChI=1S/C23H22ClN3O5/c1-23(2,3)32-22(29)19(8-16-11-26-13-31-16)27-12-20(30-4)18(9-21(27)28)17-7-15(24)6-5-14(17)10-25/h5-7,9,11-13,19H,8H2,1-4H3. The van der Waals surface area contributed by atoms with E-state index in [0.29, 0.717) is 27.5 Å². The minimum atomic E-state index is -1.02. The van der Waals surface area contributed by atoms with Gasteiger partial charge in [0.05, 0.1) is 31.1 Å². The molecular formula is C23H22ClN3O5. The maximum absolute atomic E-state index is 13.1. The van der Waals surface area contributed by atoms with Crippen LogP contribution in [-0.4, -0.2) is 28.2 Å². The molecule has 0 radical (unpaired) electrons. The number of hydrogen-bond donors (Lipinski definition) is 0. The number of carbonyl (C=O) groups is 1. The molecule has 8 nitrogen and oxygen atoms in total. The zero-order valence-electron chi connectivity index (χ0n) is 18.1. The number of rotatable bonds is 6. The molecule has 1 aromatic carbocycles. The van der Waals surface area contributed by atoms with Gasteiger partial charge in [0.2, 0.25) is 0 Å². The van der Waals surface area contributed by atoms with Crippen molar-refractivity contribution in [1.29, 1.82) is 5.26 Å². The Balaban J connectivity index is 2.14. The van der Waals surface area contributed by atoms with E-state index in [1.165, 1.54) is 36.5 Å². The van der Waals surface area contributed by atoms with E-state index in [1.54, 1.807) is 39.0 Å². The summed E-state index contributed by atoms with van der Waals surface area (Å²) in [6.45, 7) is 5.22. The lowest BCUT2D eigenvalue weighted by atomic mass is 10.00. The number of halogens is 1. The summed E-state index contributed by atoms with van der Waals surface area (Å²) < 4.78 is 17.6. The molecule has 2 aromatic heterocycles. The molecule has 0 aliphatic carbocycles. The lowest BCUT2D eigenvalue weighted by Gasteiger charge is -2.25. The summed E-state index contributed by atoms with van der Waals surface area (Å²) in [6.07, 6.45) is 4.19. The quantitative estimate of drug-likeness (QED) is 0.513. The van der Waals surface area contributed by atoms with Gasteiger partial charge in [0.25, 0.3) is 5.56 Å². The van der Waals surface area contributed by atoms with Crippen molar-refractivity contribution >= 4 is 17.6 Å². The maximum Gasteiger partial charge on any atom is 0.330 e. The van der Waals surface area contributed by atoms with E-state index in [0.717, 1.165) is 0 Å². The van der Waals surface area contributed by atoms with Gasteiger partial charge in [-0.15, -0.1) is 0 Å². The van der Waals surface area contributed by atoms with Crippen LogP contribution in [0.25, 0.3) is 11.1 Å². The largest absolute Gasteiger partial charge is 0.495 e. The average Bonchev–Trinajstić information content (AvgIpc) is 3.24. The van der Waals surface area contributed by atoms with Crippen LogP contribution in [0.15, 0.2) is 52.3 Å². The molecule has 0 saturated carbocycles. The zero-order chi connectivity index (χ0) is 23.5. The Kier molecular flexibility index (Phi) is 6.70. The number of methoxy groups -OCH3 is 1. The molecule has 0 aliphatic heterocycles. The molecule has 2 heterocycles. The number of oxazole rings is 1. The topological polar surface area (TPSA) is 107 Å². The van der Waals surface area contributed by atoms with Crippen LogP contribution >= 0.6 is 11.6 Å². The van der Waals surface area contributed by atoms with Crippen molar-refractivity contribution in [1.82, 2.24) is 9.55 Å². The Labute approximate surface area is 190 Å². The third-order valence-electron chi connectivity index (χ3n) is 4.55. The van der Waals surface area contributed by atoms with Crippen molar-refractivity contribution < 1.29 is 18.7 Å². The second-order valence-corrected chi connectivity index (χ2v) is 8.46. The number of hydrogen-bond acceptors (Lipinski definition) is 7. The highest BCUT2D eigenvalue weighted by Gasteiger charge is 2.30. The van der Waals surface area contributed by atoms with Crippen LogP contribution in [0, 0.1) is 11.3 Å². The fraction of sp³-hybridized carbons (Fsp3) is 0.304. The van der Waals surface area contributed by atoms with Crippen molar-refractivity contribution in [2.75, 3.05) is 7.11 Å². The van der Waals surface area contributed by atoms with Crippen molar-refractivity contribution in [2.45, 2.75) is 38.8 Å². The molecule has 0 aliphatic rings. The molecule has 0 spiro atoms. The summed E-state index contributed by atoms with van der Waals surface area (Å²) in [5, 5.41) is 9.88. The maximum atomic E-state index is 13.1. The Bertz CT molecular complexity index is 1220. The fourth-order valence-corrected chi connectivity index (χ4v) is 3.35. The van der Waals surface area contributed by atoms with Gasteiger partial charge in [0.15, 0.2) is 6.39 Å². The van der Waals surface area contributed by atoms with Crippen molar-refractivity contribution in [2.24, 2.45) is 0 Å². The number of carbonyl (C=O) groups excluding carboxylic acids is 1. The first kappa shape index (κ1) is 23.1. The molecule has 0 saturated heterocycles. The van der Waals surface area contributed by atoms with Crippen molar-refractivity contribution in [3.05, 3.63) is 69.8 Å². The van der Waals surface area contributed by atoms with E-state index < -0.39 is 23.2 Å². The van der Waals surface area contributed by atoms with Crippen LogP contribution in [0.1, 0.15) is 38.1 Å². The van der Waals surface area contributed by atoms with Gasteiger partial charge in [0, 0.05) is 28.6 Å². The van der Waals surface area contributed by atoms with E-state index in [9.17, 15) is 14.9 Å². The molecule has 1 unspecified atom stereocenters. The summed E-state index contributed by atoms with van der Waals surface area (Å²) in [6, 6.07) is 7.12. The molecule has 3 aromatic rings. The van der Waals surface area contributed by atoms with Gasteiger partial charge >= 0.3 is 5.97 Å². The predicted octanol–water partition coefficient (Wildman–Crippen LogP) is 4.16. The summed E-state index contributed by atoms with van der Waals surface area (Å²) in [5.74, 6) is 0.0955. The highest BCUT2D eigenvalue weighted by molar-refractivity contribution is 6.31. The molecule has 3 rings (SSSR count). The smallest absolute Gasteiger partial charge is 0.330 e. The van der Waals surface area contributed by atoms with Crippen molar-refractivity contribution in [3.8, 4) is 22.9 Å². The minimum Gasteiger partial charge on any atom is -0.495 e.